The third kappa shape index (κ3) is 4.18. The molecule has 9 heteroatoms. The van der Waals surface area contributed by atoms with E-state index in [1.807, 2.05) is 0 Å². The van der Waals surface area contributed by atoms with Crippen molar-refractivity contribution in [2.24, 2.45) is 10.2 Å². The van der Waals surface area contributed by atoms with Gasteiger partial charge in [0.15, 0.2) is 5.17 Å². The molecule has 0 saturated carbocycles. The summed E-state index contributed by atoms with van der Waals surface area (Å²) >= 11 is 4.29. The van der Waals surface area contributed by atoms with E-state index >= 15 is 0 Å². The molecule has 0 aliphatic carbocycles. The van der Waals surface area contributed by atoms with Gasteiger partial charge in [0.25, 0.3) is 5.91 Å². The first-order valence-electron chi connectivity index (χ1n) is 5.88. The second kappa shape index (κ2) is 7.23. The van der Waals surface area contributed by atoms with E-state index in [-0.39, 0.29) is 15.8 Å². The molecule has 1 heterocycles. The van der Waals surface area contributed by atoms with Crippen molar-refractivity contribution in [2.45, 2.75) is 0 Å². The molecule has 0 aromatic heterocycles. The quantitative estimate of drug-likeness (QED) is 0.358. The Morgan fingerprint density at radius 3 is 3.00 bits per heavy atom. The number of phenols is 1. The molecule has 0 radical (unpaired) electrons. The average molecular weight is 384 g/mol. The molecule has 0 unspecified atom stereocenters. The molecule has 0 spiro atoms. The summed E-state index contributed by atoms with van der Waals surface area (Å²) in [6, 6.07) is 4.72. The maximum atomic E-state index is 11.6. The first-order chi connectivity index (χ1) is 10.5. The van der Waals surface area contributed by atoms with Crippen LogP contribution in [0.15, 0.2) is 43.9 Å². The Morgan fingerprint density at radius 1 is 1.50 bits per heavy atom. The number of benzene rings is 1. The van der Waals surface area contributed by atoms with Gasteiger partial charge in [-0.2, -0.15) is 5.10 Å². The second-order valence-electron chi connectivity index (χ2n) is 3.94. The van der Waals surface area contributed by atoms with Gasteiger partial charge in [0.1, 0.15) is 5.75 Å². The number of nitrogens with zero attached hydrogens (tertiary/aromatic N) is 2. The van der Waals surface area contributed by atoms with Crippen LogP contribution in [-0.4, -0.2) is 35.5 Å². The molecular formula is C13H10BrN3O4S. The van der Waals surface area contributed by atoms with Gasteiger partial charge < -0.3 is 9.84 Å². The molecule has 1 aromatic carbocycles. The van der Waals surface area contributed by atoms with Gasteiger partial charge in [0, 0.05) is 16.1 Å². The van der Waals surface area contributed by atoms with Gasteiger partial charge in [0.2, 0.25) is 0 Å². The third-order valence-corrected chi connectivity index (χ3v) is 4.05. The molecule has 1 aliphatic heterocycles. The molecule has 1 aromatic rings. The van der Waals surface area contributed by atoms with E-state index in [0.717, 1.165) is 22.3 Å². The number of hydrogen-bond donors (Lipinski definition) is 2. The Bertz CT molecular complexity index is 715. The standard InChI is InChI=1S/C13H10BrN3O4S/c1-21-11(19)5-10-12(20)16-13(22-10)17-15-6-7-4-8(18)2-3-9(7)14/h2-6,18H,1H3,(H,16,17,20)/b10-5+,15-6?. The highest BCUT2D eigenvalue weighted by Crippen LogP contribution is 2.24. The summed E-state index contributed by atoms with van der Waals surface area (Å²) in [7, 11) is 1.23. The first kappa shape index (κ1) is 16.2. The second-order valence-corrected chi connectivity index (χ2v) is 5.83. The number of methoxy groups -OCH3 is 1. The van der Waals surface area contributed by atoms with Crippen LogP contribution in [0.1, 0.15) is 5.56 Å². The van der Waals surface area contributed by atoms with Crippen LogP contribution in [0.3, 0.4) is 0 Å². The van der Waals surface area contributed by atoms with Crippen molar-refractivity contribution in [3.8, 4) is 5.75 Å². The average Bonchev–Trinajstić information content (AvgIpc) is 2.82. The molecule has 22 heavy (non-hydrogen) atoms. The number of thioether (sulfide) groups is 1. The van der Waals surface area contributed by atoms with Crippen LogP contribution in [0.5, 0.6) is 5.75 Å². The van der Waals surface area contributed by atoms with Crippen LogP contribution >= 0.6 is 27.7 Å². The lowest BCUT2D eigenvalue weighted by atomic mass is 10.2. The van der Waals surface area contributed by atoms with Crippen LogP contribution in [0.25, 0.3) is 0 Å². The molecule has 1 aliphatic rings. The van der Waals surface area contributed by atoms with Crippen molar-refractivity contribution in [3.05, 3.63) is 39.2 Å². The number of carbonyl (C=O) groups is 2. The Morgan fingerprint density at radius 2 is 2.27 bits per heavy atom. The highest BCUT2D eigenvalue weighted by atomic mass is 79.9. The van der Waals surface area contributed by atoms with E-state index in [0.29, 0.717) is 5.56 Å². The van der Waals surface area contributed by atoms with Gasteiger partial charge >= 0.3 is 5.97 Å². The third-order valence-electron chi connectivity index (χ3n) is 2.43. The lowest BCUT2D eigenvalue weighted by Gasteiger charge is -1.97. The van der Waals surface area contributed by atoms with E-state index in [1.54, 1.807) is 6.07 Å². The van der Waals surface area contributed by atoms with E-state index < -0.39 is 11.9 Å². The fourth-order valence-electron chi connectivity index (χ4n) is 1.41. The summed E-state index contributed by atoms with van der Waals surface area (Å²) in [5.41, 5.74) is 0.629. The molecule has 114 valence electrons. The number of rotatable bonds is 3. The van der Waals surface area contributed by atoms with Crippen LogP contribution in [0, 0.1) is 0 Å². The van der Waals surface area contributed by atoms with Crippen LogP contribution in [-0.2, 0) is 14.3 Å². The smallest absolute Gasteiger partial charge is 0.331 e. The maximum Gasteiger partial charge on any atom is 0.331 e. The number of halogens is 1. The minimum absolute atomic E-state index is 0.101. The number of ether oxygens (including phenoxy) is 1. The summed E-state index contributed by atoms with van der Waals surface area (Å²) in [4.78, 5) is 22.9. The van der Waals surface area contributed by atoms with Gasteiger partial charge in [0.05, 0.1) is 18.2 Å². The number of aromatic hydroxyl groups is 1. The first-order valence-corrected chi connectivity index (χ1v) is 7.49. The van der Waals surface area contributed by atoms with Crippen molar-refractivity contribution >= 4 is 51.0 Å². The van der Waals surface area contributed by atoms with Gasteiger partial charge in [-0.15, -0.1) is 5.10 Å². The van der Waals surface area contributed by atoms with Crippen molar-refractivity contribution < 1.29 is 19.4 Å². The summed E-state index contributed by atoms with van der Waals surface area (Å²) in [6.45, 7) is 0. The molecule has 2 rings (SSSR count). The van der Waals surface area contributed by atoms with Crippen molar-refractivity contribution in [3.63, 3.8) is 0 Å². The van der Waals surface area contributed by atoms with Crippen molar-refractivity contribution in [1.82, 2.24) is 5.32 Å². The fraction of sp³-hybridized carbons (Fsp3) is 0.0769. The van der Waals surface area contributed by atoms with Gasteiger partial charge in [-0.05, 0) is 30.0 Å². The Balaban J connectivity index is 2.10. The summed E-state index contributed by atoms with van der Waals surface area (Å²) in [6.07, 6.45) is 2.50. The Kier molecular flexibility index (Phi) is 5.34. The van der Waals surface area contributed by atoms with E-state index in [4.69, 9.17) is 0 Å². The fourth-order valence-corrected chi connectivity index (χ4v) is 2.50. The zero-order chi connectivity index (χ0) is 16.1. The molecule has 2 N–H and O–H groups in total. The molecule has 0 bridgehead atoms. The molecule has 0 atom stereocenters. The zero-order valence-electron chi connectivity index (χ0n) is 11.2. The molecular weight excluding hydrogens is 374 g/mol. The number of amides is 1. The monoisotopic (exact) mass is 383 g/mol. The summed E-state index contributed by atoms with van der Waals surface area (Å²) < 4.78 is 5.19. The lowest BCUT2D eigenvalue weighted by molar-refractivity contribution is -0.135. The van der Waals surface area contributed by atoms with Crippen LogP contribution in [0.2, 0.25) is 0 Å². The number of phenolic OH excluding ortho intramolecular Hbond substituents is 1. The molecule has 1 saturated heterocycles. The molecule has 1 amide bonds. The van der Waals surface area contributed by atoms with Crippen molar-refractivity contribution in [1.29, 1.82) is 0 Å². The Labute approximate surface area is 138 Å². The number of amidine groups is 1. The summed E-state index contributed by atoms with van der Waals surface area (Å²) in [5, 5.41) is 19.8. The van der Waals surface area contributed by atoms with Gasteiger partial charge in [-0.1, -0.05) is 15.9 Å². The Hall–Kier alpha value is -2.13. The maximum absolute atomic E-state index is 11.6. The predicted octanol–water partition coefficient (Wildman–Crippen LogP) is 1.76. The predicted molar refractivity (Wildman–Crippen MR) is 86.7 cm³/mol. The minimum atomic E-state index is -0.619. The number of esters is 1. The van der Waals surface area contributed by atoms with Gasteiger partial charge in [-0.25, -0.2) is 4.79 Å². The largest absolute Gasteiger partial charge is 0.508 e. The highest BCUT2D eigenvalue weighted by Gasteiger charge is 2.24. The number of nitrogens with one attached hydrogen (secondary N) is 1. The van der Waals surface area contributed by atoms with E-state index in [2.05, 4.69) is 36.2 Å². The number of carbonyl (C=O) groups excluding carboxylic acids is 2. The van der Waals surface area contributed by atoms with E-state index in [9.17, 15) is 14.7 Å². The van der Waals surface area contributed by atoms with Crippen LogP contribution < -0.4 is 5.32 Å². The normalized spacial score (nSPS) is 18.2. The highest BCUT2D eigenvalue weighted by molar-refractivity contribution is 9.10. The minimum Gasteiger partial charge on any atom is -0.508 e. The van der Waals surface area contributed by atoms with Crippen molar-refractivity contribution in [2.75, 3.05) is 7.11 Å². The van der Waals surface area contributed by atoms with Crippen LogP contribution in [0.4, 0.5) is 0 Å². The molecule has 7 nitrogen and oxygen atoms in total. The SMILES string of the molecule is COC(=O)/C=C1/S/C(=N\N=Cc2cc(O)ccc2Br)NC1=O. The van der Waals surface area contributed by atoms with Gasteiger partial charge in [-0.3, -0.25) is 10.1 Å². The lowest BCUT2D eigenvalue weighted by Crippen LogP contribution is -2.19. The molecule has 1 fully saturated rings. The summed E-state index contributed by atoms with van der Waals surface area (Å²) in [5.74, 6) is -0.960. The topological polar surface area (TPSA) is 100 Å². The zero-order valence-corrected chi connectivity index (χ0v) is 13.6. The number of hydrogen-bond acceptors (Lipinski definition) is 7. The van der Waals surface area contributed by atoms with E-state index in [1.165, 1.54) is 25.5 Å².